The van der Waals surface area contributed by atoms with Crippen LogP contribution in [0.4, 0.5) is 5.13 Å². The minimum absolute atomic E-state index is 0.284. The molecule has 1 amide bonds. The number of benzene rings is 2. The number of hydrogen-bond donors (Lipinski definition) is 1. The van der Waals surface area contributed by atoms with Crippen LogP contribution in [-0.2, 0) is 0 Å². The van der Waals surface area contributed by atoms with E-state index in [4.69, 9.17) is 14.2 Å². The van der Waals surface area contributed by atoms with Crippen molar-refractivity contribution in [3.05, 3.63) is 41.5 Å². The molecule has 130 valence electrons. The number of rotatable bonds is 5. The fraction of sp³-hybridized carbons (Fsp3) is 0.222. The van der Waals surface area contributed by atoms with Gasteiger partial charge < -0.3 is 14.2 Å². The molecule has 0 saturated carbocycles. The highest BCUT2D eigenvalue weighted by atomic mass is 32.1. The topological polar surface area (TPSA) is 69.7 Å². The van der Waals surface area contributed by atoms with Crippen molar-refractivity contribution < 1.29 is 19.0 Å². The molecule has 3 rings (SSSR count). The molecular weight excluding hydrogens is 340 g/mol. The molecule has 25 heavy (non-hydrogen) atoms. The zero-order valence-corrected chi connectivity index (χ0v) is 15.2. The maximum absolute atomic E-state index is 12.6. The van der Waals surface area contributed by atoms with E-state index in [0.29, 0.717) is 27.9 Å². The van der Waals surface area contributed by atoms with Gasteiger partial charge in [-0.2, -0.15) is 0 Å². The van der Waals surface area contributed by atoms with E-state index in [-0.39, 0.29) is 5.91 Å². The van der Waals surface area contributed by atoms with Gasteiger partial charge in [-0.1, -0.05) is 17.4 Å². The number of nitrogens with one attached hydrogen (secondary N) is 1. The maximum Gasteiger partial charge on any atom is 0.257 e. The van der Waals surface area contributed by atoms with Gasteiger partial charge in [0.15, 0.2) is 5.13 Å². The number of aromatic nitrogens is 1. The SMILES string of the molecule is COc1cc(OC)cc(C(=O)Nc2nc3c(OC)ccc(C)c3s2)c1. The van der Waals surface area contributed by atoms with Crippen LogP contribution in [0.5, 0.6) is 17.2 Å². The van der Waals surface area contributed by atoms with Crippen molar-refractivity contribution in [3.8, 4) is 17.2 Å². The van der Waals surface area contributed by atoms with Gasteiger partial charge in [0.2, 0.25) is 0 Å². The Balaban J connectivity index is 1.93. The first-order valence-corrected chi connectivity index (χ1v) is 8.36. The van der Waals surface area contributed by atoms with Gasteiger partial charge in [0, 0.05) is 11.6 Å². The third-order valence-corrected chi connectivity index (χ3v) is 4.86. The van der Waals surface area contributed by atoms with Crippen LogP contribution >= 0.6 is 11.3 Å². The van der Waals surface area contributed by atoms with Crippen LogP contribution in [0.2, 0.25) is 0 Å². The summed E-state index contributed by atoms with van der Waals surface area (Å²) in [5.74, 6) is 1.49. The summed E-state index contributed by atoms with van der Waals surface area (Å²) in [4.78, 5) is 17.1. The second-order valence-electron chi connectivity index (χ2n) is 5.34. The molecule has 2 aromatic carbocycles. The van der Waals surface area contributed by atoms with Crippen molar-refractivity contribution in [2.24, 2.45) is 0 Å². The first kappa shape index (κ1) is 17.0. The molecule has 0 saturated heterocycles. The van der Waals surface area contributed by atoms with E-state index in [1.54, 1.807) is 39.5 Å². The second kappa shape index (κ2) is 6.98. The summed E-state index contributed by atoms with van der Waals surface area (Å²) in [6.45, 7) is 2.00. The molecule has 0 fully saturated rings. The lowest BCUT2D eigenvalue weighted by atomic mass is 10.2. The molecule has 0 aliphatic carbocycles. The minimum atomic E-state index is -0.284. The van der Waals surface area contributed by atoms with Crippen LogP contribution in [-0.4, -0.2) is 32.2 Å². The molecule has 3 aromatic rings. The van der Waals surface area contributed by atoms with Crippen molar-refractivity contribution in [3.63, 3.8) is 0 Å². The highest BCUT2D eigenvalue weighted by Crippen LogP contribution is 2.35. The van der Waals surface area contributed by atoms with Crippen molar-refractivity contribution in [1.29, 1.82) is 0 Å². The van der Waals surface area contributed by atoms with Gasteiger partial charge in [-0.15, -0.1) is 0 Å². The molecule has 7 heteroatoms. The van der Waals surface area contributed by atoms with Crippen LogP contribution in [0.25, 0.3) is 10.2 Å². The second-order valence-corrected chi connectivity index (χ2v) is 6.34. The van der Waals surface area contributed by atoms with Gasteiger partial charge in [-0.25, -0.2) is 4.98 Å². The molecule has 0 unspecified atom stereocenters. The Morgan fingerprint density at radius 3 is 2.32 bits per heavy atom. The smallest absolute Gasteiger partial charge is 0.257 e. The Bertz CT molecular complexity index is 914. The van der Waals surface area contributed by atoms with Crippen LogP contribution in [0.15, 0.2) is 30.3 Å². The normalized spacial score (nSPS) is 10.6. The van der Waals surface area contributed by atoms with Gasteiger partial charge in [0.05, 0.1) is 26.0 Å². The fourth-order valence-electron chi connectivity index (χ4n) is 2.44. The molecule has 0 aliphatic heterocycles. The Labute approximate surface area is 149 Å². The molecule has 1 N–H and O–H groups in total. The average molecular weight is 358 g/mol. The number of aryl methyl sites for hydroxylation is 1. The van der Waals surface area contributed by atoms with E-state index in [1.807, 2.05) is 19.1 Å². The molecule has 1 heterocycles. The summed E-state index contributed by atoms with van der Waals surface area (Å²) in [5.41, 5.74) is 2.25. The number of thiazole rings is 1. The number of fused-ring (bicyclic) bond motifs is 1. The van der Waals surface area contributed by atoms with Crippen LogP contribution in [0, 0.1) is 6.92 Å². The molecular formula is C18H18N2O4S. The molecule has 6 nitrogen and oxygen atoms in total. The Morgan fingerprint density at radius 2 is 1.72 bits per heavy atom. The maximum atomic E-state index is 12.6. The number of anilines is 1. The first-order valence-electron chi connectivity index (χ1n) is 7.54. The zero-order valence-electron chi connectivity index (χ0n) is 14.4. The predicted octanol–water partition coefficient (Wildman–Crippen LogP) is 3.88. The third-order valence-electron chi connectivity index (χ3n) is 3.76. The summed E-state index contributed by atoms with van der Waals surface area (Å²) in [7, 11) is 4.68. The highest BCUT2D eigenvalue weighted by molar-refractivity contribution is 7.22. The van der Waals surface area contributed by atoms with E-state index in [2.05, 4.69) is 10.3 Å². The lowest BCUT2D eigenvalue weighted by Gasteiger charge is -2.08. The standard InChI is InChI=1S/C18H18N2O4S/c1-10-5-6-14(24-4)15-16(10)25-18(19-15)20-17(21)11-7-12(22-2)9-13(8-11)23-3/h5-9H,1-4H3,(H,19,20,21). The predicted molar refractivity (Wildman–Crippen MR) is 98.4 cm³/mol. The number of carbonyl (C=O) groups is 1. The number of amides is 1. The van der Waals surface area contributed by atoms with Gasteiger partial charge in [-0.05, 0) is 30.7 Å². The van der Waals surface area contributed by atoms with E-state index < -0.39 is 0 Å². The van der Waals surface area contributed by atoms with E-state index in [1.165, 1.54) is 11.3 Å². The molecule has 0 radical (unpaired) electrons. The lowest BCUT2D eigenvalue weighted by molar-refractivity contribution is 0.102. The van der Waals surface area contributed by atoms with Gasteiger partial charge >= 0.3 is 0 Å². The van der Waals surface area contributed by atoms with Crippen molar-refractivity contribution in [2.45, 2.75) is 6.92 Å². The van der Waals surface area contributed by atoms with Crippen LogP contribution < -0.4 is 19.5 Å². The minimum Gasteiger partial charge on any atom is -0.497 e. The summed E-state index contributed by atoms with van der Waals surface area (Å²) in [6, 6.07) is 8.85. The summed E-state index contributed by atoms with van der Waals surface area (Å²) in [5, 5.41) is 3.34. The molecule has 0 spiro atoms. The lowest BCUT2D eigenvalue weighted by Crippen LogP contribution is -2.12. The molecule has 0 bridgehead atoms. The monoisotopic (exact) mass is 358 g/mol. The molecule has 0 atom stereocenters. The van der Waals surface area contributed by atoms with Gasteiger partial charge in [0.25, 0.3) is 5.91 Å². The average Bonchev–Trinajstić information content (AvgIpc) is 3.06. The quantitative estimate of drug-likeness (QED) is 0.749. The van der Waals surface area contributed by atoms with Gasteiger partial charge in [-0.3, -0.25) is 10.1 Å². The number of nitrogens with zero attached hydrogens (tertiary/aromatic N) is 1. The van der Waals surface area contributed by atoms with Gasteiger partial charge in [0.1, 0.15) is 22.8 Å². The fourth-order valence-corrected chi connectivity index (χ4v) is 3.38. The van der Waals surface area contributed by atoms with Crippen molar-refractivity contribution in [1.82, 2.24) is 4.98 Å². The van der Waals surface area contributed by atoms with E-state index in [0.717, 1.165) is 15.8 Å². The summed E-state index contributed by atoms with van der Waals surface area (Å²) < 4.78 is 16.7. The number of ether oxygens (including phenoxy) is 3. The Hall–Kier alpha value is -2.80. The number of hydrogen-bond acceptors (Lipinski definition) is 6. The Kier molecular flexibility index (Phi) is 4.76. The van der Waals surface area contributed by atoms with E-state index >= 15 is 0 Å². The highest BCUT2D eigenvalue weighted by Gasteiger charge is 2.15. The summed E-state index contributed by atoms with van der Waals surface area (Å²) >= 11 is 1.41. The largest absolute Gasteiger partial charge is 0.497 e. The zero-order chi connectivity index (χ0) is 18.0. The van der Waals surface area contributed by atoms with Crippen molar-refractivity contribution in [2.75, 3.05) is 26.6 Å². The molecule has 1 aromatic heterocycles. The summed E-state index contributed by atoms with van der Waals surface area (Å²) in [6.07, 6.45) is 0. The first-order chi connectivity index (χ1) is 12.0. The molecule has 0 aliphatic rings. The van der Waals surface area contributed by atoms with Crippen LogP contribution in [0.3, 0.4) is 0 Å². The number of methoxy groups -OCH3 is 3. The number of carbonyl (C=O) groups excluding carboxylic acids is 1. The van der Waals surface area contributed by atoms with Crippen LogP contribution in [0.1, 0.15) is 15.9 Å². The van der Waals surface area contributed by atoms with Crippen molar-refractivity contribution >= 4 is 32.6 Å². The van der Waals surface area contributed by atoms with E-state index in [9.17, 15) is 4.79 Å². The Morgan fingerprint density at radius 1 is 1.04 bits per heavy atom. The third kappa shape index (κ3) is 3.36.